The summed E-state index contributed by atoms with van der Waals surface area (Å²) >= 11 is 1.90. The summed E-state index contributed by atoms with van der Waals surface area (Å²) in [6.07, 6.45) is 3.16. The van der Waals surface area contributed by atoms with E-state index in [0.29, 0.717) is 16.4 Å². The summed E-state index contributed by atoms with van der Waals surface area (Å²) in [5.41, 5.74) is -2.44. The molecule has 218 valence electrons. The average molecular weight is 703 g/mol. The number of rotatable bonds is 10. The summed E-state index contributed by atoms with van der Waals surface area (Å²) in [6.45, 7) is 1.75. The van der Waals surface area contributed by atoms with Crippen LogP contribution in [0.3, 0.4) is 0 Å². The lowest BCUT2D eigenvalue weighted by molar-refractivity contribution is 0.0951. The zero-order valence-electron chi connectivity index (χ0n) is 21.9. The molecular weight excluding hydrogens is 675 g/mol. The maximum absolute atomic E-state index is 15.5. The van der Waals surface area contributed by atoms with E-state index in [9.17, 15) is 17.6 Å². The fraction of sp³-hybridized carbons (Fsp3) is 0.321. The lowest BCUT2D eigenvalue weighted by Gasteiger charge is -2.38. The van der Waals surface area contributed by atoms with E-state index >= 15 is 13.2 Å². The predicted molar refractivity (Wildman–Crippen MR) is 156 cm³/mol. The molecule has 0 spiro atoms. The smallest absolute Gasteiger partial charge is 0.299 e. The third-order valence-corrected chi connectivity index (χ3v) is 9.09. The van der Waals surface area contributed by atoms with Crippen molar-refractivity contribution >= 4 is 55.8 Å². The number of nitrogens with one attached hydrogen (secondary N) is 4. The highest BCUT2D eigenvalue weighted by Gasteiger charge is 2.36. The number of anilines is 3. The molecule has 0 atom stereocenters. The van der Waals surface area contributed by atoms with Gasteiger partial charge in [0.15, 0.2) is 17.5 Å². The molecule has 3 aromatic carbocycles. The summed E-state index contributed by atoms with van der Waals surface area (Å²) in [4.78, 5) is 13.0. The van der Waals surface area contributed by atoms with Gasteiger partial charge in [-0.05, 0) is 103 Å². The molecule has 0 radical (unpaired) electrons. The monoisotopic (exact) mass is 702 g/mol. The van der Waals surface area contributed by atoms with Crippen molar-refractivity contribution in [3.8, 4) is 0 Å². The van der Waals surface area contributed by atoms with Crippen LogP contribution in [0.2, 0.25) is 0 Å². The number of carbonyl (C=O) groups is 1. The first-order chi connectivity index (χ1) is 19.3. The van der Waals surface area contributed by atoms with Crippen molar-refractivity contribution in [1.29, 1.82) is 0 Å². The molecule has 41 heavy (non-hydrogen) atoms. The minimum Gasteiger partial charge on any atom is -0.350 e. The summed E-state index contributed by atoms with van der Waals surface area (Å²) < 4.78 is 91.3. The molecule has 2 aliphatic carbocycles. The van der Waals surface area contributed by atoms with Crippen molar-refractivity contribution in [2.24, 2.45) is 0 Å². The summed E-state index contributed by atoms with van der Waals surface area (Å²) in [5, 5.41) is 5.22. The van der Waals surface area contributed by atoms with E-state index in [1.165, 1.54) is 30.3 Å². The molecule has 2 aliphatic rings. The minimum absolute atomic E-state index is 0.111. The Bertz CT molecular complexity index is 1630. The van der Waals surface area contributed by atoms with Gasteiger partial charge in [-0.3, -0.25) is 9.52 Å². The van der Waals surface area contributed by atoms with Crippen LogP contribution < -0.4 is 20.1 Å². The normalized spacial score (nSPS) is 16.1. The summed E-state index contributed by atoms with van der Waals surface area (Å²) in [6, 6.07) is 8.99. The van der Waals surface area contributed by atoms with Crippen LogP contribution in [0.1, 0.15) is 60.5 Å². The maximum atomic E-state index is 15.5. The van der Waals surface area contributed by atoms with Gasteiger partial charge in [-0.25, -0.2) is 17.6 Å². The van der Waals surface area contributed by atoms with Crippen molar-refractivity contribution in [2.45, 2.75) is 57.0 Å². The van der Waals surface area contributed by atoms with Gasteiger partial charge in [0.25, 0.3) is 16.1 Å². The molecule has 7 nitrogen and oxygen atoms in total. The van der Waals surface area contributed by atoms with E-state index in [1.807, 2.05) is 22.6 Å². The van der Waals surface area contributed by atoms with Crippen LogP contribution in [0.15, 0.2) is 42.5 Å². The SMILES string of the molecule is CC1(NS(=O)(=O)Nc2cccc(Cc3cc(C(=O)NC4CC4)c(Nc4ccc(I)cc4F)c(F)c3F)c2F)CCC1. The molecule has 0 unspecified atom stereocenters. The molecule has 0 bridgehead atoms. The van der Waals surface area contributed by atoms with Crippen LogP contribution in [0.4, 0.5) is 34.6 Å². The molecule has 3 aromatic rings. The van der Waals surface area contributed by atoms with Gasteiger partial charge in [0.2, 0.25) is 0 Å². The molecule has 0 saturated heterocycles. The van der Waals surface area contributed by atoms with E-state index in [-0.39, 0.29) is 34.1 Å². The minimum atomic E-state index is -4.11. The number of hydrogen-bond donors (Lipinski definition) is 4. The highest BCUT2D eigenvalue weighted by Crippen LogP contribution is 2.34. The lowest BCUT2D eigenvalue weighted by Crippen LogP contribution is -2.52. The molecule has 0 aromatic heterocycles. The number of benzene rings is 3. The summed E-state index contributed by atoms with van der Waals surface area (Å²) in [7, 11) is -4.11. The number of carbonyl (C=O) groups excluding carboxylic acids is 1. The van der Waals surface area contributed by atoms with E-state index in [2.05, 4.69) is 20.1 Å². The molecule has 13 heteroatoms. The second-order valence-corrected chi connectivity index (χ2v) is 13.3. The van der Waals surface area contributed by atoms with Crippen LogP contribution in [-0.4, -0.2) is 25.9 Å². The highest BCUT2D eigenvalue weighted by atomic mass is 127. The van der Waals surface area contributed by atoms with Crippen LogP contribution >= 0.6 is 22.6 Å². The van der Waals surface area contributed by atoms with Crippen molar-refractivity contribution in [2.75, 3.05) is 10.0 Å². The van der Waals surface area contributed by atoms with Gasteiger partial charge < -0.3 is 10.6 Å². The fourth-order valence-electron chi connectivity index (χ4n) is 4.63. The van der Waals surface area contributed by atoms with E-state index in [4.69, 9.17) is 0 Å². The Balaban J connectivity index is 1.47. The molecule has 2 fully saturated rings. The first kappa shape index (κ1) is 29.6. The topological polar surface area (TPSA) is 99.3 Å². The van der Waals surface area contributed by atoms with E-state index in [0.717, 1.165) is 25.3 Å². The Morgan fingerprint density at radius 3 is 2.34 bits per heavy atom. The largest absolute Gasteiger partial charge is 0.350 e. The number of halogens is 5. The summed E-state index contributed by atoms with van der Waals surface area (Å²) in [5.74, 6) is -5.18. The molecule has 1 amide bonds. The van der Waals surface area contributed by atoms with Gasteiger partial charge in [-0.1, -0.05) is 12.1 Å². The van der Waals surface area contributed by atoms with E-state index in [1.54, 1.807) is 13.0 Å². The molecule has 2 saturated carbocycles. The third kappa shape index (κ3) is 6.78. The Hall–Kier alpha value is -2.91. The first-order valence-corrected chi connectivity index (χ1v) is 15.5. The fourth-order valence-corrected chi connectivity index (χ4v) is 6.43. The predicted octanol–water partition coefficient (Wildman–Crippen LogP) is 6.26. The Kier molecular flexibility index (Phi) is 8.23. The van der Waals surface area contributed by atoms with Crippen LogP contribution in [0.5, 0.6) is 0 Å². The highest BCUT2D eigenvalue weighted by molar-refractivity contribution is 14.1. The zero-order chi connectivity index (χ0) is 29.5. The van der Waals surface area contributed by atoms with Crippen molar-refractivity contribution in [1.82, 2.24) is 10.0 Å². The molecule has 4 N–H and O–H groups in total. The maximum Gasteiger partial charge on any atom is 0.299 e. The number of hydrogen-bond acceptors (Lipinski definition) is 4. The Labute approximate surface area is 248 Å². The molecular formula is C28H27F4IN4O3S. The van der Waals surface area contributed by atoms with Gasteiger partial charge in [0.1, 0.15) is 5.82 Å². The molecule has 0 heterocycles. The first-order valence-electron chi connectivity index (χ1n) is 13.0. The van der Waals surface area contributed by atoms with Crippen molar-refractivity contribution in [3.63, 3.8) is 0 Å². The van der Waals surface area contributed by atoms with Crippen LogP contribution in [0.25, 0.3) is 0 Å². The van der Waals surface area contributed by atoms with Crippen molar-refractivity contribution < 1.29 is 30.8 Å². The van der Waals surface area contributed by atoms with Gasteiger partial charge in [-0.2, -0.15) is 13.1 Å². The van der Waals surface area contributed by atoms with Crippen LogP contribution in [-0.2, 0) is 16.6 Å². The lowest BCUT2D eigenvalue weighted by atomic mass is 9.80. The van der Waals surface area contributed by atoms with Gasteiger partial charge in [0, 0.05) is 21.6 Å². The Morgan fingerprint density at radius 1 is 0.976 bits per heavy atom. The van der Waals surface area contributed by atoms with E-state index < -0.39 is 57.0 Å². The quantitative estimate of drug-likeness (QED) is 0.148. The third-order valence-electron chi connectivity index (χ3n) is 7.17. The zero-order valence-corrected chi connectivity index (χ0v) is 24.9. The standard InChI is InChI=1S/C28H27F4IN4O3S/c1-28(10-3-11-28)37-41(39,40)36-22-5-2-4-15(23(22)30)12-16-13-19(27(38)34-18-7-8-18)26(25(32)24(16)31)35-21-9-6-17(33)14-20(21)29/h2,4-6,9,13-14,18,35-37H,3,7-8,10-12H2,1H3,(H,34,38). The van der Waals surface area contributed by atoms with Crippen LogP contribution in [0, 0.1) is 26.8 Å². The Morgan fingerprint density at radius 2 is 1.71 bits per heavy atom. The second-order valence-electron chi connectivity index (χ2n) is 10.7. The molecule has 5 rings (SSSR count). The average Bonchev–Trinajstić information content (AvgIpc) is 3.70. The van der Waals surface area contributed by atoms with Crippen molar-refractivity contribution in [3.05, 3.63) is 86.0 Å². The molecule has 0 aliphatic heterocycles. The number of amides is 1. The van der Waals surface area contributed by atoms with Gasteiger partial charge in [0.05, 0.1) is 22.6 Å². The van der Waals surface area contributed by atoms with Gasteiger partial charge in [-0.15, -0.1) is 0 Å². The van der Waals surface area contributed by atoms with Gasteiger partial charge >= 0.3 is 0 Å². The second kappa shape index (κ2) is 11.4.